The van der Waals surface area contributed by atoms with Crippen molar-refractivity contribution < 1.29 is 13.2 Å². The number of hydrogen-bond donors (Lipinski definition) is 0. The normalized spacial score (nSPS) is 15.5. The molecule has 1 aromatic carbocycles. The predicted octanol–water partition coefficient (Wildman–Crippen LogP) is 2.52. The highest BCUT2D eigenvalue weighted by Crippen LogP contribution is 2.27. The van der Waals surface area contributed by atoms with Gasteiger partial charge in [-0.15, -0.1) is 0 Å². The lowest BCUT2D eigenvalue weighted by atomic mass is 10.1. The highest BCUT2D eigenvalue weighted by molar-refractivity contribution is 7.94. The van der Waals surface area contributed by atoms with E-state index in [0.717, 1.165) is 6.26 Å². The van der Waals surface area contributed by atoms with Gasteiger partial charge in [-0.2, -0.15) is 0 Å². The zero-order valence-corrected chi connectivity index (χ0v) is 11.0. The van der Waals surface area contributed by atoms with Crippen LogP contribution in [0.3, 0.4) is 0 Å². The molecule has 0 bridgehead atoms. The Balaban J connectivity index is 3.18. The molecule has 1 rings (SSSR count). The highest BCUT2D eigenvalue weighted by atomic mass is 35.5. The summed E-state index contributed by atoms with van der Waals surface area (Å²) in [5.41, 5.74) is 0.215. The fourth-order valence-corrected chi connectivity index (χ4v) is 1.72. The van der Waals surface area contributed by atoms with Gasteiger partial charge in [0.15, 0.2) is 15.6 Å². The van der Waals surface area contributed by atoms with Crippen LogP contribution >= 0.6 is 23.2 Å². The maximum absolute atomic E-state index is 11.9. The van der Waals surface area contributed by atoms with Crippen molar-refractivity contribution in [3.8, 4) is 0 Å². The Morgan fingerprint density at radius 3 is 2.06 bits per heavy atom. The summed E-state index contributed by atoms with van der Waals surface area (Å²) in [4.78, 5) is 11.9. The summed E-state index contributed by atoms with van der Waals surface area (Å²) in [6.07, 6.45) is 0.924. The lowest BCUT2D eigenvalue weighted by Crippen LogP contribution is -2.37. The predicted molar refractivity (Wildman–Crippen MR) is 64.9 cm³/mol. The molecule has 0 aliphatic rings. The van der Waals surface area contributed by atoms with E-state index in [2.05, 4.69) is 0 Å². The maximum atomic E-state index is 11.9. The quantitative estimate of drug-likeness (QED) is 0.632. The summed E-state index contributed by atoms with van der Waals surface area (Å²) in [7, 11) is -3.68. The molecule has 0 saturated heterocycles. The van der Waals surface area contributed by atoms with Crippen molar-refractivity contribution in [3.05, 3.63) is 34.9 Å². The van der Waals surface area contributed by atoms with Crippen molar-refractivity contribution in [2.45, 2.75) is 11.1 Å². The van der Waals surface area contributed by atoms with Crippen LogP contribution in [-0.4, -0.2) is 24.7 Å². The van der Waals surface area contributed by atoms with E-state index in [4.69, 9.17) is 23.2 Å². The first kappa shape index (κ1) is 13.5. The lowest BCUT2D eigenvalue weighted by Gasteiger charge is -2.18. The standard InChI is InChI=1S/C10H10Cl2O3S/c1-10(12,16(2,14)15)9(13)7-3-5-8(11)6-4-7/h3-6H,1-2H3/t10-/m1/s1. The van der Waals surface area contributed by atoms with Crippen LogP contribution in [-0.2, 0) is 9.84 Å². The largest absolute Gasteiger partial charge is 0.291 e. The summed E-state index contributed by atoms with van der Waals surface area (Å²) in [5.74, 6) is -0.659. The molecule has 6 heteroatoms. The molecule has 0 aliphatic carbocycles. The lowest BCUT2D eigenvalue weighted by molar-refractivity contribution is 0.0978. The van der Waals surface area contributed by atoms with Crippen molar-refractivity contribution >= 4 is 38.8 Å². The molecule has 0 saturated carbocycles. The van der Waals surface area contributed by atoms with Gasteiger partial charge in [0.1, 0.15) is 0 Å². The van der Waals surface area contributed by atoms with Gasteiger partial charge in [0.25, 0.3) is 0 Å². The molecule has 0 spiro atoms. The van der Waals surface area contributed by atoms with Gasteiger partial charge in [0.2, 0.25) is 4.21 Å². The van der Waals surface area contributed by atoms with Gasteiger partial charge >= 0.3 is 0 Å². The molecule has 88 valence electrons. The number of hydrogen-bond acceptors (Lipinski definition) is 3. The molecular weight excluding hydrogens is 271 g/mol. The van der Waals surface area contributed by atoms with Crippen LogP contribution < -0.4 is 0 Å². The van der Waals surface area contributed by atoms with E-state index in [-0.39, 0.29) is 5.56 Å². The van der Waals surface area contributed by atoms with E-state index in [0.29, 0.717) is 5.02 Å². The smallest absolute Gasteiger partial charge is 0.204 e. The van der Waals surface area contributed by atoms with Gasteiger partial charge in [-0.1, -0.05) is 23.2 Å². The molecule has 0 radical (unpaired) electrons. The maximum Gasteiger partial charge on any atom is 0.204 e. The monoisotopic (exact) mass is 280 g/mol. The number of ketones is 1. The molecule has 1 aromatic rings. The Labute approximate surface area is 104 Å². The van der Waals surface area contributed by atoms with E-state index in [1.165, 1.54) is 31.2 Å². The van der Waals surface area contributed by atoms with E-state index < -0.39 is 19.8 Å². The molecule has 0 aliphatic heterocycles. The minimum Gasteiger partial charge on any atom is -0.291 e. The van der Waals surface area contributed by atoms with Crippen LogP contribution in [0.5, 0.6) is 0 Å². The van der Waals surface area contributed by atoms with Crippen molar-refractivity contribution in [1.29, 1.82) is 0 Å². The summed E-state index contributed by atoms with van der Waals surface area (Å²) in [5, 5.41) is 0.465. The van der Waals surface area contributed by atoms with Gasteiger partial charge in [-0.3, -0.25) is 4.79 Å². The summed E-state index contributed by atoms with van der Waals surface area (Å²) >= 11 is 11.4. The molecule has 0 N–H and O–H groups in total. The van der Waals surface area contributed by atoms with Crippen molar-refractivity contribution in [2.24, 2.45) is 0 Å². The molecule has 0 heterocycles. The second kappa shape index (κ2) is 4.35. The number of benzene rings is 1. The zero-order valence-electron chi connectivity index (χ0n) is 8.70. The van der Waals surface area contributed by atoms with Crippen LogP contribution in [0.4, 0.5) is 0 Å². The Hall–Kier alpha value is -0.580. The van der Waals surface area contributed by atoms with Crippen LogP contribution in [0.1, 0.15) is 17.3 Å². The number of sulfone groups is 1. The molecule has 16 heavy (non-hydrogen) atoms. The van der Waals surface area contributed by atoms with Crippen LogP contribution in [0.15, 0.2) is 24.3 Å². The second-order valence-corrected chi connectivity index (χ2v) is 7.30. The SMILES string of the molecule is C[C@](Cl)(C(=O)c1ccc(Cl)cc1)S(C)(=O)=O. The summed E-state index contributed by atoms with van der Waals surface area (Å²) < 4.78 is 20.8. The molecule has 0 aromatic heterocycles. The minimum atomic E-state index is -3.68. The summed E-state index contributed by atoms with van der Waals surface area (Å²) in [6, 6.07) is 5.89. The second-order valence-electron chi connectivity index (χ2n) is 3.52. The summed E-state index contributed by atoms with van der Waals surface area (Å²) in [6.45, 7) is 1.17. The third-order valence-corrected chi connectivity index (χ3v) is 5.05. The topological polar surface area (TPSA) is 51.2 Å². The molecule has 0 unspecified atom stereocenters. The third kappa shape index (κ3) is 2.56. The number of alkyl halides is 1. The van der Waals surface area contributed by atoms with Gasteiger partial charge in [-0.05, 0) is 31.2 Å². The van der Waals surface area contributed by atoms with Gasteiger partial charge < -0.3 is 0 Å². The molecule has 3 nitrogen and oxygen atoms in total. The van der Waals surface area contributed by atoms with E-state index in [9.17, 15) is 13.2 Å². The first-order chi connectivity index (χ1) is 7.16. The first-order valence-electron chi connectivity index (χ1n) is 4.35. The Morgan fingerprint density at radius 1 is 1.25 bits per heavy atom. The Kier molecular flexibility index (Phi) is 3.67. The highest BCUT2D eigenvalue weighted by Gasteiger charge is 2.41. The first-order valence-corrected chi connectivity index (χ1v) is 7.00. The van der Waals surface area contributed by atoms with Crippen LogP contribution in [0, 0.1) is 0 Å². The number of carbonyl (C=O) groups is 1. The molecule has 0 amide bonds. The van der Waals surface area contributed by atoms with Crippen molar-refractivity contribution in [1.82, 2.24) is 0 Å². The number of rotatable bonds is 3. The molecular formula is C10H10Cl2O3S. The average Bonchev–Trinajstić information content (AvgIpc) is 2.16. The number of halogens is 2. The fourth-order valence-electron chi connectivity index (χ4n) is 1.03. The zero-order chi connectivity index (χ0) is 12.6. The number of carbonyl (C=O) groups excluding carboxylic acids is 1. The number of Topliss-reactive ketones (excluding diaryl/α,β-unsaturated/α-hetero) is 1. The van der Waals surface area contributed by atoms with Gasteiger partial charge in [0.05, 0.1) is 0 Å². The molecule has 0 fully saturated rings. The van der Waals surface area contributed by atoms with Crippen molar-refractivity contribution in [3.63, 3.8) is 0 Å². The Morgan fingerprint density at radius 2 is 1.69 bits per heavy atom. The van der Waals surface area contributed by atoms with Crippen LogP contribution in [0.25, 0.3) is 0 Å². The van der Waals surface area contributed by atoms with Crippen LogP contribution in [0.2, 0.25) is 5.02 Å². The Bertz CT molecular complexity index is 503. The van der Waals surface area contributed by atoms with Crippen molar-refractivity contribution in [2.75, 3.05) is 6.26 Å². The minimum absolute atomic E-state index is 0.215. The average molecular weight is 281 g/mol. The van der Waals surface area contributed by atoms with Gasteiger partial charge in [-0.25, -0.2) is 8.42 Å². The fraction of sp³-hybridized carbons (Fsp3) is 0.300. The molecule has 1 atom stereocenters. The van der Waals surface area contributed by atoms with E-state index in [1.807, 2.05) is 0 Å². The van der Waals surface area contributed by atoms with Gasteiger partial charge in [0, 0.05) is 16.8 Å². The van der Waals surface area contributed by atoms with E-state index >= 15 is 0 Å². The van der Waals surface area contributed by atoms with E-state index in [1.54, 1.807) is 0 Å². The third-order valence-electron chi connectivity index (χ3n) is 2.21.